The number of hydrogen-bond donors (Lipinski definition) is 0. The van der Waals surface area contributed by atoms with E-state index in [2.05, 4.69) is 132 Å². The van der Waals surface area contributed by atoms with E-state index in [1.807, 2.05) is 24.5 Å². The highest BCUT2D eigenvalue weighted by Gasteiger charge is 2.17. The van der Waals surface area contributed by atoms with Crippen LogP contribution < -0.4 is 0 Å². The fourth-order valence-electron chi connectivity index (χ4n) is 6.25. The molecule has 0 bridgehead atoms. The summed E-state index contributed by atoms with van der Waals surface area (Å²) in [4.78, 5) is 8.93. The molecule has 0 aliphatic carbocycles. The molecule has 2 heteroatoms. The van der Waals surface area contributed by atoms with Gasteiger partial charge in [-0.05, 0) is 78.3 Å². The van der Waals surface area contributed by atoms with Gasteiger partial charge in [-0.15, -0.1) is 0 Å². The summed E-state index contributed by atoms with van der Waals surface area (Å²) in [5, 5.41) is 7.58. The van der Waals surface area contributed by atoms with Gasteiger partial charge in [-0.25, -0.2) is 0 Å². The van der Waals surface area contributed by atoms with Gasteiger partial charge >= 0.3 is 0 Å². The van der Waals surface area contributed by atoms with Gasteiger partial charge in [0.1, 0.15) is 0 Å². The highest BCUT2D eigenvalue weighted by atomic mass is 14.7. The lowest BCUT2D eigenvalue weighted by Gasteiger charge is -2.19. The summed E-state index contributed by atoms with van der Waals surface area (Å²) in [5.41, 5.74) is 9.21. The van der Waals surface area contributed by atoms with Crippen molar-refractivity contribution in [2.45, 2.75) is 0 Å². The number of benzene rings is 6. The standard InChI is InChI=1S/C40H26N2/c1-2-12-32-28(9-1)10-7-17-33(32)40-36-15-5-3-13-34(36)39(35-14-4-6-16-37(35)40)29-20-18-27(19-21-29)30-22-23-38(42-26-30)31-11-8-24-41-25-31/h1-26H. The Bertz CT molecular complexity index is 2150. The maximum atomic E-state index is 4.71. The second-order valence-corrected chi connectivity index (χ2v) is 10.6. The first-order chi connectivity index (χ1) is 20.8. The summed E-state index contributed by atoms with van der Waals surface area (Å²) in [6.45, 7) is 0. The van der Waals surface area contributed by atoms with Gasteiger partial charge in [0.05, 0.1) is 5.69 Å². The Balaban J connectivity index is 1.29. The van der Waals surface area contributed by atoms with Crippen LogP contribution in [0.5, 0.6) is 0 Å². The van der Waals surface area contributed by atoms with Crippen molar-refractivity contribution in [1.82, 2.24) is 9.97 Å². The molecule has 8 rings (SSSR count). The quantitative estimate of drug-likeness (QED) is 0.210. The molecule has 6 aromatic carbocycles. The van der Waals surface area contributed by atoms with E-state index < -0.39 is 0 Å². The van der Waals surface area contributed by atoms with E-state index in [1.165, 1.54) is 54.6 Å². The molecule has 0 saturated heterocycles. The molecule has 2 aromatic heterocycles. The van der Waals surface area contributed by atoms with Gasteiger partial charge < -0.3 is 0 Å². The first-order valence-electron chi connectivity index (χ1n) is 14.2. The zero-order valence-electron chi connectivity index (χ0n) is 22.9. The Hall–Kier alpha value is -5.60. The van der Waals surface area contributed by atoms with Crippen molar-refractivity contribution >= 4 is 32.3 Å². The normalized spacial score (nSPS) is 11.3. The minimum absolute atomic E-state index is 0.924. The molecule has 42 heavy (non-hydrogen) atoms. The van der Waals surface area contributed by atoms with Crippen molar-refractivity contribution in [3.8, 4) is 44.6 Å². The molecule has 0 fully saturated rings. The second-order valence-electron chi connectivity index (χ2n) is 10.6. The first kappa shape index (κ1) is 24.2. The van der Waals surface area contributed by atoms with Crippen LogP contribution >= 0.6 is 0 Å². The molecule has 0 saturated carbocycles. The SMILES string of the molecule is c1cncc(-c2ccc(-c3ccc(-c4c5ccccc5c(-c5cccc6ccccc56)c5ccccc45)cc3)cn2)c1. The lowest BCUT2D eigenvalue weighted by atomic mass is 9.84. The molecule has 8 aromatic rings. The summed E-state index contributed by atoms with van der Waals surface area (Å²) in [6, 6.07) is 50.1. The molecule has 0 spiro atoms. The molecule has 0 aliphatic rings. The third-order valence-corrected chi connectivity index (χ3v) is 8.22. The first-order valence-corrected chi connectivity index (χ1v) is 14.2. The van der Waals surface area contributed by atoms with Crippen LogP contribution in [0.1, 0.15) is 0 Å². The van der Waals surface area contributed by atoms with Crippen LogP contribution in [0, 0.1) is 0 Å². The largest absolute Gasteiger partial charge is 0.264 e. The van der Waals surface area contributed by atoms with E-state index in [0.717, 1.165) is 22.4 Å². The number of nitrogens with zero attached hydrogens (tertiary/aromatic N) is 2. The molecule has 2 heterocycles. The molecule has 0 aliphatic heterocycles. The Labute approximate surface area is 244 Å². The van der Waals surface area contributed by atoms with E-state index in [-0.39, 0.29) is 0 Å². The number of aromatic nitrogens is 2. The molecule has 0 radical (unpaired) electrons. The summed E-state index contributed by atoms with van der Waals surface area (Å²) in [6.07, 6.45) is 5.57. The maximum Gasteiger partial charge on any atom is 0.0717 e. The smallest absolute Gasteiger partial charge is 0.0717 e. The van der Waals surface area contributed by atoms with Crippen molar-refractivity contribution < 1.29 is 0 Å². The molecule has 0 N–H and O–H groups in total. The highest BCUT2D eigenvalue weighted by molar-refractivity contribution is 6.23. The van der Waals surface area contributed by atoms with Gasteiger partial charge in [0.2, 0.25) is 0 Å². The summed E-state index contributed by atoms with van der Waals surface area (Å²) in [7, 11) is 0. The predicted octanol–water partition coefficient (Wildman–Crippen LogP) is 10.6. The summed E-state index contributed by atoms with van der Waals surface area (Å²) >= 11 is 0. The predicted molar refractivity (Wildman–Crippen MR) is 176 cm³/mol. The number of hydrogen-bond acceptors (Lipinski definition) is 2. The maximum absolute atomic E-state index is 4.71. The van der Waals surface area contributed by atoms with Crippen molar-refractivity contribution in [3.63, 3.8) is 0 Å². The molecule has 196 valence electrons. The van der Waals surface area contributed by atoms with E-state index in [9.17, 15) is 0 Å². The Morgan fingerprint density at radius 2 is 0.952 bits per heavy atom. The topological polar surface area (TPSA) is 25.8 Å². The number of fused-ring (bicyclic) bond motifs is 3. The van der Waals surface area contributed by atoms with Crippen LogP contribution in [-0.4, -0.2) is 9.97 Å². The van der Waals surface area contributed by atoms with Gasteiger partial charge in [-0.1, -0.05) is 121 Å². The van der Waals surface area contributed by atoms with Crippen molar-refractivity contribution in [2.24, 2.45) is 0 Å². The Morgan fingerprint density at radius 1 is 0.357 bits per heavy atom. The molecular weight excluding hydrogens is 508 g/mol. The van der Waals surface area contributed by atoms with Crippen LogP contribution in [0.3, 0.4) is 0 Å². The Morgan fingerprint density at radius 3 is 1.60 bits per heavy atom. The molecule has 0 atom stereocenters. The fraction of sp³-hybridized carbons (Fsp3) is 0. The van der Waals surface area contributed by atoms with Crippen LogP contribution in [0.15, 0.2) is 158 Å². The lowest BCUT2D eigenvalue weighted by Crippen LogP contribution is -1.91. The molecule has 0 amide bonds. The Kier molecular flexibility index (Phi) is 5.82. The average Bonchev–Trinajstić information content (AvgIpc) is 3.07. The van der Waals surface area contributed by atoms with Gasteiger partial charge in [0, 0.05) is 29.7 Å². The number of pyridine rings is 2. The zero-order chi connectivity index (χ0) is 27.9. The van der Waals surface area contributed by atoms with Gasteiger partial charge in [0.25, 0.3) is 0 Å². The van der Waals surface area contributed by atoms with E-state index in [4.69, 9.17) is 4.98 Å². The van der Waals surface area contributed by atoms with Gasteiger partial charge in [-0.3, -0.25) is 9.97 Å². The third kappa shape index (κ3) is 4.05. The third-order valence-electron chi connectivity index (χ3n) is 8.22. The van der Waals surface area contributed by atoms with Crippen molar-refractivity contribution in [3.05, 3.63) is 158 Å². The molecule has 2 nitrogen and oxygen atoms in total. The summed E-state index contributed by atoms with van der Waals surface area (Å²) in [5.74, 6) is 0. The average molecular weight is 535 g/mol. The van der Waals surface area contributed by atoms with Gasteiger partial charge in [0.15, 0.2) is 0 Å². The van der Waals surface area contributed by atoms with E-state index >= 15 is 0 Å². The van der Waals surface area contributed by atoms with Gasteiger partial charge in [-0.2, -0.15) is 0 Å². The zero-order valence-corrected chi connectivity index (χ0v) is 22.9. The van der Waals surface area contributed by atoms with Crippen LogP contribution in [0.2, 0.25) is 0 Å². The lowest BCUT2D eigenvalue weighted by molar-refractivity contribution is 1.28. The van der Waals surface area contributed by atoms with Crippen molar-refractivity contribution in [1.29, 1.82) is 0 Å². The van der Waals surface area contributed by atoms with Crippen LogP contribution in [-0.2, 0) is 0 Å². The van der Waals surface area contributed by atoms with E-state index in [0.29, 0.717) is 0 Å². The summed E-state index contributed by atoms with van der Waals surface area (Å²) < 4.78 is 0. The fourth-order valence-corrected chi connectivity index (χ4v) is 6.25. The van der Waals surface area contributed by atoms with Crippen LogP contribution in [0.4, 0.5) is 0 Å². The van der Waals surface area contributed by atoms with Crippen molar-refractivity contribution in [2.75, 3.05) is 0 Å². The van der Waals surface area contributed by atoms with Crippen LogP contribution in [0.25, 0.3) is 77.0 Å². The number of rotatable bonds is 4. The van der Waals surface area contributed by atoms with E-state index in [1.54, 1.807) is 6.20 Å². The molecule has 0 unspecified atom stereocenters. The highest BCUT2D eigenvalue weighted by Crippen LogP contribution is 2.45. The second kappa shape index (κ2) is 10.1. The minimum Gasteiger partial charge on any atom is -0.264 e. The minimum atomic E-state index is 0.924. The molecular formula is C40H26N2. The monoisotopic (exact) mass is 534 g/mol.